The number of anilines is 2. The van der Waals surface area contributed by atoms with E-state index in [0.29, 0.717) is 32.4 Å². The van der Waals surface area contributed by atoms with Crippen LogP contribution in [-0.2, 0) is 20.7 Å². The van der Waals surface area contributed by atoms with Gasteiger partial charge >= 0.3 is 5.97 Å². The minimum absolute atomic E-state index is 0.0791. The number of nitrogens with one attached hydrogen (secondary N) is 3. The molecule has 0 atom stereocenters. The minimum Gasteiger partial charge on any atom is -0.468 e. The van der Waals surface area contributed by atoms with Gasteiger partial charge in [-0.15, -0.1) is 11.3 Å². The average Bonchev–Trinajstić information content (AvgIpc) is 3.35. The zero-order chi connectivity index (χ0) is 23.8. The number of methoxy groups -OCH3 is 1. The topological polar surface area (TPSA) is 114 Å². The lowest BCUT2D eigenvalue weighted by Crippen LogP contribution is -2.31. The molecule has 0 radical (unpaired) electrons. The molecule has 0 unspecified atom stereocenters. The highest BCUT2D eigenvalue weighted by Crippen LogP contribution is 2.25. The molecule has 0 fully saturated rings. The molecule has 0 saturated carbocycles. The number of halogens is 1. The smallest absolute Gasteiger partial charge is 0.325 e. The summed E-state index contributed by atoms with van der Waals surface area (Å²) in [4.78, 5) is 48.4. The Balaban J connectivity index is 1.60. The van der Waals surface area contributed by atoms with E-state index in [2.05, 4.69) is 20.7 Å². The van der Waals surface area contributed by atoms with Crippen molar-refractivity contribution in [2.45, 2.75) is 6.42 Å². The number of ether oxygens (including phenoxy) is 1. The van der Waals surface area contributed by atoms with Crippen LogP contribution < -0.4 is 16.0 Å². The summed E-state index contributed by atoms with van der Waals surface area (Å²) in [5.41, 5.74) is 1.88. The number of carbonyl (C=O) groups is 4. The number of esters is 1. The summed E-state index contributed by atoms with van der Waals surface area (Å²) >= 11 is 7.47. The van der Waals surface area contributed by atoms with Crippen molar-refractivity contribution in [2.75, 3.05) is 24.3 Å². The Morgan fingerprint density at radius 3 is 2.39 bits per heavy atom. The molecule has 0 aliphatic carbocycles. The molecule has 1 heterocycles. The van der Waals surface area contributed by atoms with Gasteiger partial charge in [0.25, 0.3) is 11.8 Å². The summed E-state index contributed by atoms with van der Waals surface area (Å²) < 4.78 is 4.47. The lowest BCUT2D eigenvalue weighted by atomic mass is 10.1. The first-order chi connectivity index (χ1) is 15.9. The van der Waals surface area contributed by atoms with E-state index >= 15 is 0 Å². The van der Waals surface area contributed by atoms with Gasteiger partial charge in [0.1, 0.15) is 6.54 Å². The van der Waals surface area contributed by atoms with Crippen LogP contribution in [0.1, 0.15) is 25.6 Å². The highest BCUT2D eigenvalue weighted by atomic mass is 35.5. The van der Waals surface area contributed by atoms with E-state index in [1.807, 2.05) is 0 Å². The number of amides is 3. The molecule has 2 aromatic carbocycles. The lowest BCUT2D eigenvalue weighted by Gasteiger charge is -2.10. The molecular weight excluding hydrogens is 466 g/mol. The zero-order valence-electron chi connectivity index (χ0n) is 17.5. The molecule has 3 N–H and O–H groups in total. The van der Waals surface area contributed by atoms with Gasteiger partial charge in [0.2, 0.25) is 5.91 Å². The molecule has 0 spiro atoms. The summed E-state index contributed by atoms with van der Waals surface area (Å²) in [6.45, 7) is -0.194. The van der Waals surface area contributed by atoms with E-state index < -0.39 is 5.97 Å². The van der Waals surface area contributed by atoms with E-state index in [-0.39, 0.29) is 30.7 Å². The molecule has 10 heteroatoms. The third-order valence-corrected chi connectivity index (χ3v) is 5.65. The van der Waals surface area contributed by atoms with E-state index in [1.54, 1.807) is 47.8 Å². The summed E-state index contributed by atoms with van der Waals surface area (Å²) in [5.74, 6) is -1.55. The van der Waals surface area contributed by atoms with Crippen LogP contribution in [0.4, 0.5) is 11.4 Å². The van der Waals surface area contributed by atoms with Crippen molar-refractivity contribution in [1.29, 1.82) is 0 Å². The third kappa shape index (κ3) is 6.90. The molecule has 3 rings (SSSR count). The lowest BCUT2D eigenvalue weighted by molar-refractivity contribution is -0.141. The minimum atomic E-state index is -0.530. The van der Waals surface area contributed by atoms with E-state index in [9.17, 15) is 19.2 Å². The second kappa shape index (κ2) is 11.3. The molecule has 3 amide bonds. The highest BCUT2D eigenvalue weighted by molar-refractivity contribution is 7.12. The van der Waals surface area contributed by atoms with Crippen LogP contribution in [0.25, 0.3) is 0 Å². The number of rotatable bonds is 8. The molecule has 0 bridgehead atoms. The summed E-state index contributed by atoms with van der Waals surface area (Å²) in [5, 5.41) is 10.0. The number of hydrogen-bond donors (Lipinski definition) is 3. The van der Waals surface area contributed by atoms with Gasteiger partial charge in [-0.1, -0.05) is 29.8 Å². The van der Waals surface area contributed by atoms with Crippen LogP contribution >= 0.6 is 22.9 Å². The van der Waals surface area contributed by atoms with Gasteiger partial charge in [-0.25, -0.2) is 0 Å². The third-order valence-electron chi connectivity index (χ3n) is 4.46. The summed E-state index contributed by atoms with van der Waals surface area (Å²) in [6, 6.07) is 14.8. The summed E-state index contributed by atoms with van der Waals surface area (Å²) in [6.07, 6.45) is 0.0791. The normalized spacial score (nSPS) is 10.2. The molecule has 170 valence electrons. The van der Waals surface area contributed by atoms with Gasteiger partial charge in [0, 0.05) is 11.3 Å². The largest absolute Gasteiger partial charge is 0.468 e. The molecule has 0 aliphatic heterocycles. The predicted molar refractivity (Wildman–Crippen MR) is 127 cm³/mol. The maximum absolute atomic E-state index is 12.7. The zero-order valence-corrected chi connectivity index (χ0v) is 19.1. The Bertz CT molecular complexity index is 1160. The number of thiophene rings is 1. The van der Waals surface area contributed by atoms with Gasteiger partial charge in [-0.3, -0.25) is 19.2 Å². The van der Waals surface area contributed by atoms with Crippen molar-refractivity contribution in [3.8, 4) is 0 Å². The molecule has 33 heavy (non-hydrogen) atoms. The van der Waals surface area contributed by atoms with Gasteiger partial charge < -0.3 is 20.7 Å². The van der Waals surface area contributed by atoms with Gasteiger partial charge in [0.05, 0.1) is 29.1 Å². The van der Waals surface area contributed by atoms with Crippen molar-refractivity contribution >= 4 is 58.0 Å². The molecule has 1 aromatic heterocycles. The van der Waals surface area contributed by atoms with Crippen molar-refractivity contribution < 1.29 is 23.9 Å². The second-order valence-electron chi connectivity index (χ2n) is 6.81. The number of benzene rings is 2. The van der Waals surface area contributed by atoms with Crippen LogP contribution in [0.3, 0.4) is 0 Å². The van der Waals surface area contributed by atoms with Crippen LogP contribution in [0.5, 0.6) is 0 Å². The van der Waals surface area contributed by atoms with Crippen LogP contribution in [0, 0.1) is 0 Å². The average molecular weight is 486 g/mol. The van der Waals surface area contributed by atoms with Crippen LogP contribution in [0.2, 0.25) is 5.02 Å². The molecule has 3 aromatic rings. The van der Waals surface area contributed by atoms with Gasteiger partial charge in [-0.05, 0) is 47.3 Å². The standard InChI is InChI=1S/C23H20ClN3O5S/c1-32-21(29)13-25-20(28)11-14-4-7-16(8-5-14)26-22(30)15-6-9-17(24)18(12-15)27-23(31)19-3-2-10-33-19/h2-10,12H,11,13H2,1H3,(H,25,28)(H,26,30)(H,27,31). The fourth-order valence-corrected chi connectivity index (χ4v) is 3.54. The fraction of sp³-hybridized carbons (Fsp3) is 0.130. The Hall–Kier alpha value is -3.69. The van der Waals surface area contributed by atoms with Crippen molar-refractivity contribution in [1.82, 2.24) is 5.32 Å². The first kappa shape index (κ1) is 24.0. The molecule has 0 saturated heterocycles. The molecule has 0 aliphatic rings. The van der Waals surface area contributed by atoms with Crippen molar-refractivity contribution in [2.24, 2.45) is 0 Å². The Kier molecular flexibility index (Phi) is 8.17. The SMILES string of the molecule is COC(=O)CNC(=O)Cc1ccc(NC(=O)c2ccc(Cl)c(NC(=O)c3cccs3)c2)cc1. The Morgan fingerprint density at radius 2 is 1.73 bits per heavy atom. The summed E-state index contributed by atoms with van der Waals surface area (Å²) in [7, 11) is 1.24. The van der Waals surface area contributed by atoms with Gasteiger partial charge in [-0.2, -0.15) is 0 Å². The Labute approximate surface area is 198 Å². The van der Waals surface area contributed by atoms with Gasteiger partial charge in [0.15, 0.2) is 0 Å². The first-order valence-corrected chi connectivity index (χ1v) is 11.0. The predicted octanol–water partition coefficient (Wildman–Crippen LogP) is 3.74. The van der Waals surface area contributed by atoms with Crippen molar-refractivity contribution in [3.05, 3.63) is 81.0 Å². The number of carbonyl (C=O) groups excluding carboxylic acids is 4. The monoisotopic (exact) mass is 485 g/mol. The molecular formula is C23H20ClN3O5S. The van der Waals surface area contributed by atoms with E-state index in [4.69, 9.17) is 11.6 Å². The highest BCUT2D eigenvalue weighted by Gasteiger charge is 2.13. The maximum Gasteiger partial charge on any atom is 0.325 e. The fourth-order valence-electron chi connectivity index (χ4n) is 2.75. The van der Waals surface area contributed by atoms with E-state index in [0.717, 1.165) is 0 Å². The number of hydrogen-bond acceptors (Lipinski definition) is 6. The Morgan fingerprint density at radius 1 is 0.970 bits per heavy atom. The quantitative estimate of drug-likeness (QED) is 0.421. The first-order valence-electron chi connectivity index (χ1n) is 9.74. The second-order valence-corrected chi connectivity index (χ2v) is 8.16. The van der Waals surface area contributed by atoms with E-state index in [1.165, 1.54) is 30.6 Å². The van der Waals surface area contributed by atoms with Crippen LogP contribution in [-0.4, -0.2) is 37.3 Å². The molecule has 8 nitrogen and oxygen atoms in total. The van der Waals surface area contributed by atoms with Crippen molar-refractivity contribution in [3.63, 3.8) is 0 Å². The maximum atomic E-state index is 12.7. The van der Waals surface area contributed by atoms with Crippen LogP contribution in [0.15, 0.2) is 60.0 Å².